The number of benzene rings is 1. The van der Waals surface area contributed by atoms with Crippen LogP contribution in [0.15, 0.2) is 22.7 Å². The van der Waals surface area contributed by atoms with Crippen molar-refractivity contribution in [2.75, 3.05) is 19.5 Å². The molecule has 0 unspecified atom stereocenters. The number of hydrogen-bond donors (Lipinski definition) is 1. The van der Waals surface area contributed by atoms with E-state index in [0.717, 1.165) is 34.4 Å². The lowest BCUT2D eigenvalue weighted by Gasteiger charge is -2.11. The summed E-state index contributed by atoms with van der Waals surface area (Å²) >= 11 is 9.73. The van der Waals surface area contributed by atoms with E-state index in [-0.39, 0.29) is 0 Å². The quantitative estimate of drug-likeness (QED) is 0.838. The summed E-state index contributed by atoms with van der Waals surface area (Å²) in [5.74, 6) is 2.06. The van der Waals surface area contributed by atoms with Crippen LogP contribution in [0, 0.1) is 0 Å². The van der Waals surface area contributed by atoms with Gasteiger partial charge >= 0.3 is 0 Å². The fraction of sp³-hybridized carbons (Fsp3) is 0.333. The van der Waals surface area contributed by atoms with Crippen LogP contribution in [0.4, 0.5) is 5.82 Å². The highest BCUT2D eigenvalue weighted by Gasteiger charge is 2.13. The van der Waals surface area contributed by atoms with Crippen LogP contribution in [-0.2, 0) is 6.42 Å². The molecular formula is C15H17BrClN3O. The molecule has 0 fully saturated rings. The van der Waals surface area contributed by atoms with Crippen molar-refractivity contribution in [3.8, 4) is 17.1 Å². The number of rotatable bonds is 5. The van der Waals surface area contributed by atoms with Crippen LogP contribution in [0.25, 0.3) is 11.4 Å². The van der Waals surface area contributed by atoms with Crippen LogP contribution in [-0.4, -0.2) is 24.1 Å². The van der Waals surface area contributed by atoms with Crippen molar-refractivity contribution in [1.29, 1.82) is 0 Å². The van der Waals surface area contributed by atoms with E-state index in [1.165, 1.54) is 0 Å². The summed E-state index contributed by atoms with van der Waals surface area (Å²) < 4.78 is 6.08. The summed E-state index contributed by atoms with van der Waals surface area (Å²) in [7, 11) is 3.43. The Morgan fingerprint density at radius 1 is 1.33 bits per heavy atom. The minimum atomic E-state index is 0.546. The van der Waals surface area contributed by atoms with Crippen molar-refractivity contribution in [2.24, 2.45) is 0 Å². The lowest BCUT2D eigenvalue weighted by molar-refractivity contribution is 0.415. The number of anilines is 1. The van der Waals surface area contributed by atoms with E-state index in [0.29, 0.717) is 16.6 Å². The van der Waals surface area contributed by atoms with Crippen LogP contribution in [0.3, 0.4) is 0 Å². The first-order chi connectivity index (χ1) is 10.1. The summed E-state index contributed by atoms with van der Waals surface area (Å²) in [5, 5.41) is 3.63. The second-order valence-electron chi connectivity index (χ2n) is 4.51. The molecule has 0 bridgehead atoms. The van der Waals surface area contributed by atoms with E-state index in [9.17, 15) is 0 Å². The number of nitrogens with zero attached hydrogens (tertiary/aromatic N) is 2. The number of ether oxygens (including phenoxy) is 1. The Kier molecular flexibility index (Phi) is 5.42. The molecule has 0 radical (unpaired) electrons. The lowest BCUT2D eigenvalue weighted by atomic mass is 10.2. The summed E-state index contributed by atoms with van der Waals surface area (Å²) in [5.41, 5.74) is 1.85. The molecule has 2 aromatic rings. The Morgan fingerprint density at radius 2 is 2.10 bits per heavy atom. The first-order valence-electron chi connectivity index (χ1n) is 6.68. The Bertz CT molecular complexity index is 649. The first-order valence-corrected chi connectivity index (χ1v) is 7.85. The zero-order valence-corrected chi connectivity index (χ0v) is 14.5. The SMILES string of the molecule is CCCc1nc(-c2ccc(OC)c(Cl)c2)nc(NC)c1Br. The van der Waals surface area contributed by atoms with Crippen molar-refractivity contribution in [1.82, 2.24) is 9.97 Å². The number of hydrogen-bond acceptors (Lipinski definition) is 4. The van der Waals surface area contributed by atoms with Crippen molar-refractivity contribution in [2.45, 2.75) is 19.8 Å². The van der Waals surface area contributed by atoms with Crippen LogP contribution >= 0.6 is 27.5 Å². The van der Waals surface area contributed by atoms with Gasteiger partial charge in [-0.2, -0.15) is 0 Å². The summed E-state index contributed by atoms with van der Waals surface area (Å²) in [4.78, 5) is 9.17. The second kappa shape index (κ2) is 7.09. The van der Waals surface area contributed by atoms with Crippen LogP contribution < -0.4 is 10.1 Å². The Labute approximate surface area is 138 Å². The van der Waals surface area contributed by atoms with E-state index in [1.54, 1.807) is 7.11 Å². The van der Waals surface area contributed by atoms with Crippen molar-refractivity contribution in [3.63, 3.8) is 0 Å². The highest BCUT2D eigenvalue weighted by Crippen LogP contribution is 2.31. The molecule has 0 atom stereocenters. The zero-order chi connectivity index (χ0) is 15.4. The molecule has 0 aliphatic heterocycles. The van der Waals surface area contributed by atoms with Crippen molar-refractivity contribution in [3.05, 3.63) is 33.4 Å². The predicted octanol–water partition coefficient (Wildman–Crippen LogP) is 4.56. The molecule has 6 heteroatoms. The molecule has 1 aromatic carbocycles. The highest BCUT2D eigenvalue weighted by molar-refractivity contribution is 9.10. The third kappa shape index (κ3) is 3.47. The average Bonchev–Trinajstić information content (AvgIpc) is 2.49. The minimum absolute atomic E-state index is 0.546. The monoisotopic (exact) mass is 369 g/mol. The second-order valence-corrected chi connectivity index (χ2v) is 5.71. The van der Waals surface area contributed by atoms with E-state index in [1.807, 2.05) is 25.2 Å². The molecule has 1 N–H and O–H groups in total. The molecule has 0 spiro atoms. The molecule has 2 rings (SSSR count). The van der Waals surface area contributed by atoms with E-state index >= 15 is 0 Å². The predicted molar refractivity (Wildman–Crippen MR) is 90.3 cm³/mol. The molecule has 112 valence electrons. The third-order valence-corrected chi connectivity index (χ3v) is 4.18. The van der Waals surface area contributed by atoms with Crippen LogP contribution in [0.1, 0.15) is 19.0 Å². The number of aromatic nitrogens is 2. The molecule has 0 saturated carbocycles. The highest BCUT2D eigenvalue weighted by atomic mass is 79.9. The smallest absolute Gasteiger partial charge is 0.161 e. The van der Waals surface area contributed by atoms with Gasteiger partial charge in [0.25, 0.3) is 0 Å². The van der Waals surface area contributed by atoms with Crippen molar-refractivity contribution >= 4 is 33.3 Å². The number of halogens is 2. The van der Waals surface area contributed by atoms with E-state index in [2.05, 4.69) is 38.1 Å². The molecule has 0 saturated heterocycles. The average molecular weight is 371 g/mol. The Hall–Kier alpha value is -1.33. The fourth-order valence-corrected chi connectivity index (χ4v) is 2.83. The maximum Gasteiger partial charge on any atom is 0.161 e. The Morgan fingerprint density at radius 3 is 2.67 bits per heavy atom. The zero-order valence-electron chi connectivity index (χ0n) is 12.2. The Balaban J connectivity index is 2.52. The molecule has 4 nitrogen and oxygen atoms in total. The maximum atomic E-state index is 6.18. The topological polar surface area (TPSA) is 47.0 Å². The summed E-state index contributed by atoms with van der Waals surface area (Å²) in [6, 6.07) is 5.55. The van der Waals surface area contributed by atoms with Gasteiger partial charge in [0.15, 0.2) is 5.82 Å². The molecule has 0 amide bonds. The molecule has 0 aliphatic carbocycles. The number of nitrogens with one attached hydrogen (secondary N) is 1. The van der Waals surface area contributed by atoms with E-state index < -0.39 is 0 Å². The van der Waals surface area contributed by atoms with Gasteiger partial charge in [0.2, 0.25) is 0 Å². The molecule has 1 aromatic heterocycles. The van der Waals surface area contributed by atoms with Gasteiger partial charge in [0.05, 0.1) is 22.3 Å². The number of methoxy groups -OCH3 is 1. The maximum absolute atomic E-state index is 6.18. The normalized spacial score (nSPS) is 10.5. The van der Waals surface area contributed by atoms with Gasteiger partial charge < -0.3 is 10.1 Å². The molecular weight excluding hydrogens is 354 g/mol. The summed E-state index contributed by atoms with van der Waals surface area (Å²) in [6.45, 7) is 2.12. The standard InChI is InChI=1S/C15H17BrClN3O/c1-4-5-11-13(16)15(18-2)20-14(19-11)9-6-7-12(21-3)10(17)8-9/h6-8H,4-5H2,1-3H3,(H,18,19,20). The van der Waals surface area contributed by atoms with Gasteiger partial charge in [-0.25, -0.2) is 9.97 Å². The third-order valence-electron chi connectivity index (χ3n) is 3.05. The fourth-order valence-electron chi connectivity index (χ4n) is 2.00. The van der Waals surface area contributed by atoms with Crippen LogP contribution in [0.2, 0.25) is 5.02 Å². The molecule has 21 heavy (non-hydrogen) atoms. The van der Waals surface area contributed by atoms with Gasteiger partial charge in [0, 0.05) is 12.6 Å². The van der Waals surface area contributed by atoms with Crippen LogP contribution in [0.5, 0.6) is 5.75 Å². The lowest BCUT2D eigenvalue weighted by Crippen LogP contribution is -2.03. The van der Waals surface area contributed by atoms with Crippen molar-refractivity contribution < 1.29 is 4.74 Å². The number of aryl methyl sites for hydroxylation is 1. The van der Waals surface area contributed by atoms with Gasteiger partial charge in [-0.1, -0.05) is 24.9 Å². The van der Waals surface area contributed by atoms with Gasteiger partial charge in [-0.3, -0.25) is 0 Å². The molecule has 0 aliphatic rings. The first kappa shape index (κ1) is 16.0. The van der Waals surface area contributed by atoms with E-state index in [4.69, 9.17) is 16.3 Å². The van der Waals surface area contributed by atoms with Gasteiger partial charge in [-0.15, -0.1) is 0 Å². The largest absolute Gasteiger partial charge is 0.495 e. The van der Waals surface area contributed by atoms with Gasteiger partial charge in [-0.05, 0) is 40.5 Å². The molecule has 1 heterocycles. The van der Waals surface area contributed by atoms with Gasteiger partial charge in [0.1, 0.15) is 11.6 Å². The summed E-state index contributed by atoms with van der Waals surface area (Å²) in [6.07, 6.45) is 1.90. The minimum Gasteiger partial charge on any atom is -0.495 e.